The van der Waals surface area contributed by atoms with E-state index in [1.165, 1.54) is 26.1 Å². The normalized spacial score (nSPS) is 20.8. The van der Waals surface area contributed by atoms with Crippen LogP contribution in [0.4, 0.5) is 10.1 Å². The largest absolute Gasteiger partial charge is 0.369 e. The van der Waals surface area contributed by atoms with Crippen molar-refractivity contribution in [1.29, 1.82) is 0 Å². The highest BCUT2D eigenvalue weighted by Crippen LogP contribution is 2.34. The van der Waals surface area contributed by atoms with Gasteiger partial charge in [0.15, 0.2) is 0 Å². The third kappa shape index (κ3) is 4.46. The molecule has 1 aromatic heterocycles. The van der Waals surface area contributed by atoms with Crippen molar-refractivity contribution >= 4 is 27.6 Å². The van der Waals surface area contributed by atoms with Crippen LogP contribution in [0.25, 0.3) is 0 Å². The lowest BCUT2D eigenvalue weighted by atomic mass is 9.93. The van der Waals surface area contributed by atoms with E-state index >= 15 is 0 Å². The number of aromatic nitrogens is 2. The molecule has 0 unspecified atom stereocenters. The Bertz CT molecular complexity index is 1160. The van der Waals surface area contributed by atoms with E-state index in [0.29, 0.717) is 0 Å². The zero-order chi connectivity index (χ0) is 23.2. The van der Waals surface area contributed by atoms with Crippen molar-refractivity contribution in [1.82, 2.24) is 14.3 Å². The number of nitrogens with one attached hydrogen (secondary N) is 1. The van der Waals surface area contributed by atoms with Crippen LogP contribution in [-0.2, 0) is 21.5 Å². The Morgan fingerprint density at radius 2 is 1.97 bits per heavy atom. The van der Waals surface area contributed by atoms with Gasteiger partial charge in [-0.15, -0.1) is 0 Å². The molecule has 2 aromatic rings. The number of sulfonamides is 1. The van der Waals surface area contributed by atoms with Crippen molar-refractivity contribution in [2.24, 2.45) is 10.7 Å². The minimum absolute atomic E-state index is 0.100. The molecule has 0 fully saturated rings. The zero-order valence-corrected chi connectivity index (χ0v) is 17.1. The first-order valence-electron chi connectivity index (χ1n) is 8.66. The van der Waals surface area contributed by atoms with Gasteiger partial charge in [0, 0.05) is 18.3 Å². The Kier molecular flexibility index (Phi) is 5.43. The van der Waals surface area contributed by atoms with Crippen LogP contribution in [0.3, 0.4) is 0 Å². The summed E-state index contributed by atoms with van der Waals surface area (Å²) in [5.41, 5.74) is 3.33. The molecule has 1 aliphatic heterocycles. The van der Waals surface area contributed by atoms with Gasteiger partial charge in [0.05, 0.1) is 18.1 Å². The number of benzene rings is 1. The molecular weight excluding hydrogens is 435 g/mol. The van der Waals surface area contributed by atoms with Crippen LogP contribution in [0.5, 0.6) is 0 Å². The second kappa shape index (κ2) is 7.49. The molecule has 0 radical (unpaired) electrons. The summed E-state index contributed by atoms with van der Waals surface area (Å²) < 4.78 is 40.1. The first-order valence-corrected chi connectivity index (χ1v) is 10.3. The predicted octanol–water partition coefficient (Wildman–Crippen LogP) is -1.24. The Balaban J connectivity index is 1.91. The van der Waals surface area contributed by atoms with E-state index in [2.05, 4.69) is 20.3 Å². The van der Waals surface area contributed by atoms with Crippen LogP contribution in [0.1, 0.15) is 28.7 Å². The van der Waals surface area contributed by atoms with E-state index in [1.807, 2.05) is 0 Å². The Morgan fingerprint density at radius 3 is 2.52 bits per heavy atom. The number of nitrogens with two attached hydrogens (primary N) is 1. The second-order valence-corrected chi connectivity index (χ2v) is 9.04. The first-order chi connectivity index (χ1) is 14.2. The monoisotopic (exact) mass is 454 g/mol. The first kappa shape index (κ1) is 22.5. The average molecular weight is 454 g/mol. The molecule has 2 heterocycles. The molecule has 12 nitrogen and oxygen atoms in total. The number of anilines is 1. The molecule has 6 N–H and O–H groups in total. The standard InChI is InChI=1S/C17H19FN6O6S/c1-16(8-31(29,30)24(2)15(19)23-16)10-5-9(3-4-11(10)18)22-14(25)12-6-21-13(7-20-12)17(26,27)28/h3-7,26-28H,8H2,1-2H3,(H2,19,23)(H,22,25)/t16-/m0/s1. The van der Waals surface area contributed by atoms with E-state index in [9.17, 15) is 17.6 Å². The van der Waals surface area contributed by atoms with Crippen LogP contribution in [0.2, 0.25) is 0 Å². The zero-order valence-electron chi connectivity index (χ0n) is 16.3. The number of aliphatic imine (C=N–C) groups is 1. The smallest absolute Gasteiger partial charge is 0.323 e. The van der Waals surface area contributed by atoms with Gasteiger partial charge in [0.2, 0.25) is 16.0 Å². The fraction of sp³-hybridized carbons (Fsp3) is 0.294. The molecule has 0 aliphatic carbocycles. The van der Waals surface area contributed by atoms with Gasteiger partial charge < -0.3 is 26.4 Å². The van der Waals surface area contributed by atoms with E-state index in [-0.39, 0.29) is 22.9 Å². The van der Waals surface area contributed by atoms with Crippen LogP contribution >= 0.6 is 0 Å². The second-order valence-electron chi connectivity index (χ2n) is 7.04. The maximum absolute atomic E-state index is 14.6. The van der Waals surface area contributed by atoms with E-state index in [1.54, 1.807) is 0 Å². The van der Waals surface area contributed by atoms with Crippen molar-refractivity contribution < 1.29 is 32.9 Å². The number of guanidine groups is 1. The Hall–Kier alpha value is -3.20. The molecule has 166 valence electrons. The highest BCUT2D eigenvalue weighted by Gasteiger charge is 2.41. The molecule has 1 aliphatic rings. The van der Waals surface area contributed by atoms with E-state index in [4.69, 9.17) is 21.1 Å². The summed E-state index contributed by atoms with van der Waals surface area (Å²) in [6.45, 7) is 1.41. The third-order valence-corrected chi connectivity index (χ3v) is 6.55. The molecule has 0 spiro atoms. The van der Waals surface area contributed by atoms with Gasteiger partial charge in [-0.05, 0) is 25.1 Å². The summed E-state index contributed by atoms with van der Waals surface area (Å²) in [5.74, 6) is -5.57. The van der Waals surface area contributed by atoms with Crippen molar-refractivity contribution in [3.8, 4) is 0 Å². The molecule has 0 bridgehead atoms. The molecular formula is C17H19FN6O6S. The Labute approximate surface area is 175 Å². The lowest BCUT2D eigenvalue weighted by molar-refractivity contribution is -0.326. The molecule has 3 rings (SSSR count). The number of aliphatic hydroxyl groups is 3. The summed E-state index contributed by atoms with van der Waals surface area (Å²) in [6.07, 6.45) is 1.68. The van der Waals surface area contributed by atoms with Crippen molar-refractivity contribution in [3.05, 3.63) is 53.4 Å². The number of hydrogen-bond acceptors (Lipinski definition) is 10. The van der Waals surface area contributed by atoms with Crippen LogP contribution in [0, 0.1) is 5.82 Å². The minimum Gasteiger partial charge on any atom is -0.369 e. The number of carbonyl (C=O) groups is 1. The van der Waals surface area contributed by atoms with E-state index in [0.717, 1.165) is 22.8 Å². The summed E-state index contributed by atoms with van der Waals surface area (Å²) in [6, 6.07) is 3.52. The molecule has 0 saturated heterocycles. The van der Waals surface area contributed by atoms with Crippen molar-refractivity contribution in [2.75, 3.05) is 18.1 Å². The number of hydrogen-bond donors (Lipinski definition) is 5. The van der Waals surface area contributed by atoms with Gasteiger partial charge >= 0.3 is 5.97 Å². The van der Waals surface area contributed by atoms with Gasteiger partial charge in [-0.2, -0.15) is 0 Å². The van der Waals surface area contributed by atoms with Crippen LogP contribution < -0.4 is 11.1 Å². The van der Waals surface area contributed by atoms with Gasteiger partial charge in [-0.3, -0.25) is 4.79 Å². The molecule has 1 atom stereocenters. The molecule has 1 aromatic carbocycles. The van der Waals surface area contributed by atoms with Gasteiger partial charge in [0.25, 0.3) is 5.91 Å². The van der Waals surface area contributed by atoms with Crippen molar-refractivity contribution in [3.63, 3.8) is 0 Å². The number of nitrogens with zero attached hydrogens (tertiary/aromatic N) is 4. The molecule has 1 amide bonds. The lowest BCUT2D eigenvalue weighted by Crippen LogP contribution is -2.50. The topological polar surface area (TPSA) is 191 Å². The third-order valence-electron chi connectivity index (χ3n) is 4.60. The minimum atomic E-state index is -3.83. The average Bonchev–Trinajstić information content (AvgIpc) is 2.66. The number of amides is 1. The van der Waals surface area contributed by atoms with E-state index < -0.39 is 44.7 Å². The summed E-state index contributed by atoms with van der Waals surface area (Å²) in [7, 11) is -2.60. The molecule has 31 heavy (non-hydrogen) atoms. The number of rotatable bonds is 4. The van der Waals surface area contributed by atoms with Gasteiger partial charge in [-0.25, -0.2) is 32.1 Å². The SMILES string of the molecule is CN1C(N)=N[C@](C)(c2cc(NC(=O)c3cnc(C(O)(O)O)cn3)ccc2F)CS1(=O)=O. The fourth-order valence-electron chi connectivity index (χ4n) is 2.92. The van der Waals surface area contributed by atoms with Crippen molar-refractivity contribution in [2.45, 2.75) is 18.4 Å². The highest BCUT2D eigenvalue weighted by molar-refractivity contribution is 7.89. The quantitative estimate of drug-likeness (QED) is 0.352. The maximum Gasteiger partial charge on any atom is 0.323 e. The Morgan fingerprint density at radius 1 is 1.29 bits per heavy atom. The highest BCUT2D eigenvalue weighted by atomic mass is 32.2. The van der Waals surface area contributed by atoms with Gasteiger partial charge in [-0.1, -0.05) is 0 Å². The summed E-state index contributed by atoms with van der Waals surface area (Å²) >= 11 is 0. The predicted molar refractivity (Wildman–Crippen MR) is 105 cm³/mol. The van der Waals surface area contributed by atoms with Gasteiger partial charge in [0.1, 0.15) is 22.7 Å². The molecule has 14 heteroatoms. The number of halogens is 1. The number of carbonyl (C=O) groups excluding carboxylic acids is 1. The van der Waals surface area contributed by atoms with Crippen LogP contribution in [0.15, 0.2) is 35.6 Å². The summed E-state index contributed by atoms with van der Waals surface area (Å²) in [5, 5.41) is 29.6. The fourth-order valence-corrected chi connectivity index (χ4v) is 4.37. The lowest BCUT2D eigenvalue weighted by Gasteiger charge is -2.34. The van der Waals surface area contributed by atoms with Crippen LogP contribution in [-0.4, -0.2) is 62.7 Å². The summed E-state index contributed by atoms with van der Waals surface area (Å²) in [4.78, 5) is 23.7. The molecule has 0 saturated carbocycles. The maximum atomic E-state index is 14.6.